The molecule has 1 radical (unpaired) electrons. The molecule has 0 saturated carbocycles. The second-order valence-electron chi connectivity index (χ2n) is 5.31. The summed E-state index contributed by atoms with van der Waals surface area (Å²) in [6.07, 6.45) is 3.08. The van der Waals surface area contributed by atoms with Crippen molar-refractivity contribution in [1.29, 1.82) is 0 Å². The maximum absolute atomic E-state index is 12.0. The summed E-state index contributed by atoms with van der Waals surface area (Å²) in [4.78, 5) is 22.9. The quantitative estimate of drug-likeness (QED) is 0.363. The topological polar surface area (TPSA) is 82.0 Å². The van der Waals surface area contributed by atoms with Crippen molar-refractivity contribution >= 4 is 22.3 Å². The van der Waals surface area contributed by atoms with Gasteiger partial charge < -0.3 is 10.1 Å². The van der Waals surface area contributed by atoms with Crippen LogP contribution < -0.4 is 10.3 Å². The van der Waals surface area contributed by atoms with Crippen LogP contribution in [0.25, 0.3) is 16.2 Å². The molecule has 0 spiro atoms. The minimum absolute atomic E-state index is 0. The molecule has 0 saturated heterocycles. The minimum atomic E-state index is -0.266. The smallest absolute Gasteiger partial charge is 0.302 e. The molecule has 0 aliphatic heterocycles. The molecule has 4 rings (SSSR count). The molecule has 0 unspecified atom stereocenters. The molecule has 0 bridgehead atoms. The van der Waals surface area contributed by atoms with Crippen LogP contribution in [0.15, 0.2) is 77.9 Å². The number of ether oxygens (including phenoxy) is 1. The Bertz CT molecular complexity index is 1070. The van der Waals surface area contributed by atoms with Crippen molar-refractivity contribution in [2.45, 2.75) is 27.7 Å². The van der Waals surface area contributed by atoms with Gasteiger partial charge in [0, 0.05) is 38.9 Å². The summed E-state index contributed by atoms with van der Waals surface area (Å²) in [5.41, 5.74) is 1.90. The van der Waals surface area contributed by atoms with Crippen molar-refractivity contribution in [2.24, 2.45) is 0 Å². The number of nitrogens with zero attached hydrogens (tertiary/aromatic N) is 3. The summed E-state index contributed by atoms with van der Waals surface area (Å²) in [5.74, 6) is 0.554. The molecule has 7 heteroatoms. The fourth-order valence-electron chi connectivity index (χ4n) is 2.37. The molecule has 30 heavy (non-hydrogen) atoms. The van der Waals surface area contributed by atoms with Crippen LogP contribution in [0.5, 0.6) is 11.8 Å². The van der Waals surface area contributed by atoms with E-state index in [0.717, 1.165) is 11.4 Å². The van der Waals surface area contributed by atoms with Gasteiger partial charge in [0.05, 0.1) is 17.1 Å². The summed E-state index contributed by atoms with van der Waals surface area (Å²) in [5, 5.41) is 4.98. The van der Waals surface area contributed by atoms with E-state index in [4.69, 9.17) is 4.74 Å². The summed E-state index contributed by atoms with van der Waals surface area (Å²) in [6, 6.07) is 18.6. The number of para-hydroxylation sites is 1. The Hall–Kier alpha value is -2.57. The Balaban J connectivity index is 0.000000851. The van der Waals surface area contributed by atoms with E-state index in [1.54, 1.807) is 24.4 Å². The third-order valence-electron chi connectivity index (χ3n) is 3.55. The molecule has 1 N–H and O–H groups in total. The van der Waals surface area contributed by atoms with Gasteiger partial charge in [-0.2, -0.15) is 4.98 Å². The van der Waals surface area contributed by atoms with Gasteiger partial charge in [-0.25, -0.2) is 0 Å². The van der Waals surface area contributed by atoms with Crippen LogP contribution in [-0.2, 0) is 32.7 Å². The van der Waals surface area contributed by atoms with E-state index in [-0.39, 0.29) is 44.3 Å². The Labute approximate surface area is 202 Å². The van der Waals surface area contributed by atoms with Crippen molar-refractivity contribution in [3.63, 3.8) is 0 Å². The summed E-state index contributed by atoms with van der Waals surface area (Å²) < 4.78 is 5.64. The van der Waals surface area contributed by atoms with Crippen molar-refractivity contribution in [1.82, 2.24) is 15.0 Å². The van der Waals surface area contributed by atoms with Gasteiger partial charge in [0.1, 0.15) is 5.75 Å². The number of hydrogen-bond acceptors (Lipinski definition) is 4. The zero-order chi connectivity index (χ0) is 21.1. The van der Waals surface area contributed by atoms with E-state index < -0.39 is 0 Å². The van der Waals surface area contributed by atoms with E-state index in [1.807, 2.05) is 70.2 Å². The largest absolute Gasteiger partial charge is 0.658 e. The maximum Gasteiger partial charge on any atom is 0.302 e. The number of hydrogen-bond donors (Lipinski definition) is 1. The molecule has 0 amide bonds. The van der Waals surface area contributed by atoms with Crippen LogP contribution in [0.1, 0.15) is 27.7 Å². The van der Waals surface area contributed by atoms with Gasteiger partial charge in [-0.1, -0.05) is 70.2 Å². The van der Waals surface area contributed by atoms with Gasteiger partial charge in [-0.3, -0.25) is 14.8 Å². The van der Waals surface area contributed by atoms with Crippen LogP contribution >= 0.6 is 0 Å². The van der Waals surface area contributed by atoms with Crippen LogP contribution in [0.3, 0.4) is 0 Å². The summed E-state index contributed by atoms with van der Waals surface area (Å²) in [7, 11) is 0. The third kappa shape index (κ3) is 7.04. The number of aromatic amines is 1. The average Bonchev–Trinajstić information content (AvgIpc) is 2.79. The molecule has 0 fully saturated rings. The molecule has 6 nitrogen and oxygen atoms in total. The predicted octanol–water partition coefficient (Wildman–Crippen LogP) is 6.50. The van der Waals surface area contributed by atoms with Crippen LogP contribution in [0, 0.1) is 0 Å². The van der Waals surface area contributed by atoms with E-state index in [9.17, 15) is 4.79 Å². The first-order valence-electron chi connectivity index (χ1n) is 9.67. The normalized spacial score (nSPS) is 9.20. The van der Waals surface area contributed by atoms with Gasteiger partial charge in [0.15, 0.2) is 0 Å². The number of benzene rings is 2. The first kappa shape index (κ1) is 25.5. The zero-order valence-electron chi connectivity index (χ0n) is 17.7. The van der Waals surface area contributed by atoms with Crippen LogP contribution in [0.4, 0.5) is 11.4 Å². The number of pyridine rings is 1. The number of rotatable bonds is 4. The SMILES string of the molecule is CC.CC.O=c1[nH]c(Oc2ccc([N-]c3ccccc3)cc2)nc2cnccc12.[Y]. The molecule has 0 aliphatic rings. The van der Waals surface area contributed by atoms with Gasteiger partial charge in [0.2, 0.25) is 0 Å². The fourth-order valence-corrected chi connectivity index (χ4v) is 2.37. The molecular weight excluding hydrogens is 453 g/mol. The molecule has 0 aliphatic carbocycles. The molecule has 2 aromatic heterocycles. The van der Waals surface area contributed by atoms with Gasteiger partial charge in [0.25, 0.3) is 5.56 Å². The molecular formula is C23H25N4O2Y-. The van der Waals surface area contributed by atoms with Crippen molar-refractivity contribution in [3.8, 4) is 11.8 Å². The Morgan fingerprint density at radius 3 is 2.17 bits per heavy atom. The second-order valence-corrected chi connectivity index (χ2v) is 5.31. The van der Waals surface area contributed by atoms with Crippen molar-refractivity contribution in [2.75, 3.05) is 0 Å². The maximum atomic E-state index is 12.0. The van der Waals surface area contributed by atoms with E-state index in [0.29, 0.717) is 16.7 Å². The van der Waals surface area contributed by atoms with Gasteiger partial charge in [-0.15, -0.1) is 11.4 Å². The molecule has 2 aromatic carbocycles. The van der Waals surface area contributed by atoms with Crippen molar-refractivity contribution < 1.29 is 37.4 Å². The number of nitrogens with one attached hydrogen (secondary N) is 1. The number of aromatic nitrogens is 3. The first-order valence-corrected chi connectivity index (χ1v) is 9.67. The molecule has 153 valence electrons. The Morgan fingerprint density at radius 1 is 0.867 bits per heavy atom. The van der Waals surface area contributed by atoms with E-state index >= 15 is 0 Å². The summed E-state index contributed by atoms with van der Waals surface area (Å²) >= 11 is 0. The van der Waals surface area contributed by atoms with Gasteiger partial charge >= 0.3 is 6.01 Å². The van der Waals surface area contributed by atoms with E-state index in [1.165, 1.54) is 6.20 Å². The van der Waals surface area contributed by atoms with Crippen LogP contribution in [-0.4, -0.2) is 15.0 Å². The molecule has 4 aromatic rings. The Morgan fingerprint density at radius 2 is 1.50 bits per heavy atom. The second kappa shape index (κ2) is 13.6. The third-order valence-corrected chi connectivity index (χ3v) is 3.55. The Kier molecular flexibility index (Phi) is 11.6. The van der Waals surface area contributed by atoms with Gasteiger partial charge in [-0.05, 0) is 18.2 Å². The predicted molar refractivity (Wildman–Crippen MR) is 118 cm³/mol. The fraction of sp³-hybridized carbons (Fsp3) is 0.174. The van der Waals surface area contributed by atoms with Crippen molar-refractivity contribution in [3.05, 3.63) is 88.7 Å². The number of H-pyrrole nitrogens is 1. The van der Waals surface area contributed by atoms with E-state index in [2.05, 4.69) is 20.3 Å². The molecule has 2 heterocycles. The first-order chi connectivity index (χ1) is 14.3. The minimum Gasteiger partial charge on any atom is -0.658 e. The standard InChI is InChI=1S/C19H13N4O2.2C2H6.Y/c24-18-16-10-11-20-12-17(16)22-19(23-18)25-15-8-6-14(7-9-15)21-13-4-2-1-3-5-13;2*1-2;/h1-12H,(H,22,23,24);2*1-2H3;/q-1;;;. The summed E-state index contributed by atoms with van der Waals surface area (Å²) in [6.45, 7) is 8.00. The monoisotopic (exact) mass is 478 g/mol. The number of fused-ring (bicyclic) bond motifs is 1. The van der Waals surface area contributed by atoms with Crippen LogP contribution in [0.2, 0.25) is 0 Å². The molecule has 0 atom stereocenters. The zero-order valence-corrected chi connectivity index (χ0v) is 20.5. The average molecular weight is 478 g/mol.